The number of nitrogens with zero attached hydrogens (tertiary/aromatic N) is 2. The molecule has 1 saturated carbocycles. The predicted molar refractivity (Wildman–Crippen MR) is 71.1 cm³/mol. The molecule has 1 unspecified atom stereocenters. The van der Waals surface area contributed by atoms with Crippen molar-refractivity contribution in [3.05, 3.63) is 11.7 Å². The van der Waals surface area contributed by atoms with Gasteiger partial charge in [-0.1, -0.05) is 51.6 Å². The van der Waals surface area contributed by atoms with Gasteiger partial charge in [0.1, 0.15) is 0 Å². The molecule has 1 aliphatic rings. The van der Waals surface area contributed by atoms with Gasteiger partial charge in [0.2, 0.25) is 5.89 Å². The minimum Gasteiger partial charge on any atom is -0.339 e. The van der Waals surface area contributed by atoms with Gasteiger partial charge in [0.15, 0.2) is 5.82 Å². The first-order chi connectivity index (χ1) is 8.53. The fourth-order valence-electron chi connectivity index (χ4n) is 2.49. The largest absolute Gasteiger partial charge is 0.339 e. The van der Waals surface area contributed by atoms with Crippen molar-refractivity contribution in [3.63, 3.8) is 0 Å². The monoisotopic (exact) mass is 251 g/mol. The van der Waals surface area contributed by atoms with Crippen LogP contribution in [-0.2, 0) is 5.54 Å². The second-order valence-electron chi connectivity index (χ2n) is 6.06. The van der Waals surface area contributed by atoms with E-state index in [1.54, 1.807) is 0 Å². The highest BCUT2D eigenvalue weighted by molar-refractivity contribution is 5.06. The molecule has 1 aromatic heterocycles. The maximum atomic E-state index is 6.48. The zero-order chi connectivity index (χ0) is 13.2. The Kier molecular flexibility index (Phi) is 4.05. The highest BCUT2D eigenvalue weighted by Crippen LogP contribution is 2.33. The SMILES string of the molecule is CC(C)C(C)c1nc(C2(N)CCCCCC2)no1. The number of rotatable bonds is 3. The van der Waals surface area contributed by atoms with Crippen molar-refractivity contribution in [3.8, 4) is 0 Å². The van der Waals surface area contributed by atoms with Gasteiger partial charge in [0.25, 0.3) is 0 Å². The molecule has 1 aliphatic carbocycles. The van der Waals surface area contributed by atoms with Gasteiger partial charge in [-0.2, -0.15) is 4.98 Å². The van der Waals surface area contributed by atoms with E-state index in [1.165, 1.54) is 25.7 Å². The molecule has 4 nitrogen and oxygen atoms in total. The van der Waals surface area contributed by atoms with Crippen LogP contribution < -0.4 is 5.73 Å². The number of hydrogen-bond acceptors (Lipinski definition) is 4. The Morgan fingerprint density at radius 1 is 1.11 bits per heavy atom. The van der Waals surface area contributed by atoms with Gasteiger partial charge in [-0.25, -0.2) is 0 Å². The summed E-state index contributed by atoms with van der Waals surface area (Å²) in [6.07, 6.45) is 6.82. The molecular formula is C14H25N3O. The minimum absolute atomic E-state index is 0.292. The third kappa shape index (κ3) is 2.74. The van der Waals surface area contributed by atoms with Crippen LogP contribution in [0.3, 0.4) is 0 Å². The summed E-state index contributed by atoms with van der Waals surface area (Å²) in [6, 6.07) is 0. The first-order valence-electron chi connectivity index (χ1n) is 7.16. The Morgan fingerprint density at radius 2 is 1.72 bits per heavy atom. The fourth-order valence-corrected chi connectivity index (χ4v) is 2.49. The molecule has 1 heterocycles. The zero-order valence-electron chi connectivity index (χ0n) is 11.8. The highest BCUT2D eigenvalue weighted by atomic mass is 16.5. The number of aromatic nitrogens is 2. The first kappa shape index (κ1) is 13.5. The van der Waals surface area contributed by atoms with E-state index in [4.69, 9.17) is 10.3 Å². The van der Waals surface area contributed by atoms with Crippen LogP contribution in [0, 0.1) is 5.92 Å². The molecule has 18 heavy (non-hydrogen) atoms. The summed E-state index contributed by atoms with van der Waals surface area (Å²) in [5.41, 5.74) is 6.12. The number of hydrogen-bond donors (Lipinski definition) is 1. The van der Waals surface area contributed by atoms with Crippen molar-refractivity contribution in [1.29, 1.82) is 0 Å². The van der Waals surface area contributed by atoms with Crippen molar-refractivity contribution < 1.29 is 4.52 Å². The summed E-state index contributed by atoms with van der Waals surface area (Å²) in [4.78, 5) is 4.57. The van der Waals surface area contributed by atoms with Crippen LogP contribution in [0.2, 0.25) is 0 Å². The van der Waals surface area contributed by atoms with Crippen LogP contribution in [-0.4, -0.2) is 10.1 Å². The molecule has 0 spiro atoms. The molecule has 0 amide bonds. The van der Waals surface area contributed by atoms with E-state index < -0.39 is 0 Å². The molecular weight excluding hydrogens is 226 g/mol. The van der Waals surface area contributed by atoms with Gasteiger partial charge in [-0.05, 0) is 18.8 Å². The quantitative estimate of drug-likeness (QED) is 0.837. The van der Waals surface area contributed by atoms with Crippen LogP contribution in [0.5, 0.6) is 0 Å². The van der Waals surface area contributed by atoms with Crippen LogP contribution in [0.15, 0.2) is 4.52 Å². The second kappa shape index (κ2) is 5.39. The summed E-state index contributed by atoms with van der Waals surface area (Å²) in [6.45, 7) is 6.45. The molecule has 1 fully saturated rings. The molecule has 0 bridgehead atoms. The van der Waals surface area contributed by atoms with Gasteiger partial charge in [0.05, 0.1) is 5.54 Å². The molecule has 1 atom stereocenters. The van der Waals surface area contributed by atoms with E-state index in [9.17, 15) is 0 Å². The van der Waals surface area contributed by atoms with Gasteiger partial charge in [0, 0.05) is 5.92 Å². The van der Waals surface area contributed by atoms with Crippen LogP contribution >= 0.6 is 0 Å². The van der Waals surface area contributed by atoms with Crippen molar-refractivity contribution in [2.75, 3.05) is 0 Å². The van der Waals surface area contributed by atoms with E-state index in [0.717, 1.165) is 18.7 Å². The minimum atomic E-state index is -0.366. The van der Waals surface area contributed by atoms with Gasteiger partial charge < -0.3 is 10.3 Å². The summed E-state index contributed by atoms with van der Waals surface area (Å²) >= 11 is 0. The number of nitrogens with two attached hydrogens (primary N) is 1. The highest BCUT2D eigenvalue weighted by Gasteiger charge is 2.34. The third-order valence-electron chi connectivity index (χ3n) is 4.27. The Morgan fingerprint density at radius 3 is 2.28 bits per heavy atom. The Balaban J connectivity index is 2.17. The summed E-state index contributed by atoms with van der Waals surface area (Å²) in [5.74, 6) is 2.24. The lowest BCUT2D eigenvalue weighted by atomic mass is 9.90. The maximum Gasteiger partial charge on any atom is 0.229 e. The summed E-state index contributed by atoms with van der Waals surface area (Å²) in [5, 5.41) is 4.15. The molecule has 2 rings (SSSR count). The second-order valence-corrected chi connectivity index (χ2v) is 6.06. The van der Waals surface area contributed by atoms with Gasteiger partial charge >= 0.3 is 0 Å². The van der Waals surface area contributed by atoms with E-state index in [-0.39, 0.29) is 5.54 Å². The van der Waals surface area contributed by atoms with Gasteiger partial charge in [-0.3, -0.25) is 0 Å². The lowest BCUT2D eigenvalue weighted by Gasteiger charge is -2.23. The Bertz CT molecular complexity index is 378. The Hall–Kier alpha value is -0.900. The van der Waals surface area contributed by atoms with Crippen molar-refractivity contribution >= 4 is 0 Å². The smallest absolute Gasteiger partial charge is 0.229 e. The molecule has 4 heteroatoms. The molecule has 0 saturated heterocycles. The van der Waals surface area contributed by atoms with E-state index in [1.807, 2.05) is 0 Å². The molecule has 0 aromatic carbocycles. The summed E-state index contributed by atoms with van der Waals surface area (Å²) in [7, 11) is 0. The lowest BCUT2D eigenvalue weighted by molar-refractivity contribution is 0.308. The fraction of sp³-hybridized carbons (Fsp3) is 0.857. The van der Waals surface area contributed by atoms with Crippen LogP contribution in [0.1, 0.15) is 76.9 Å². The zero-order valence-corrected chi connectivity index (χ0v) is 11.8. The lowest BCUT2D eigenvalue weighted by Crippen LogP contribution is -2.37. The standard InChI is InChI=1S/C14H25N3O/c1-10(2)11(3)12-16-13(17-18-12)14(15)8-6-4-5-7-9-14/h10-11H,4-9,15H2,1-3H3. The average molecular weight is 251 g/mol. The van der Waals surface area contributed by atoms with E-state index in [0.29, 0.717) is 17.7 Å². The maximum absolute atomic E-state index is 6.48. The normalized spacial score (nSPS) is 21.8. The first-order valence-corrected chi connectivity index (χ1v) is 7.16. The molecule has 1 aromatic rings. The summed E-state index contributed by atoms with van der Waals surface area (Å²) < 4.78 is 5.41. The molecule has 0 radical (unpaired) electrons. The van der Waals surface area contributed by atoms with Crippen LogP contribution in [0.4, 0.5) is 0 Å². The molecule has 102 valence electrons. The molecule has 2 N–H and O–H groups in total. The third-order valence-corrected chi connectivity index (χ3v) is 4.27. The molecule has 0 aliphatic heterocycles. The van der Waals surface area contributed by atoms with E-state index >= 15 is 0 Å². The van der Waals surface area contributed by atoms with Gasteiger partial charge in [-0.15, -0.1) is 0 Å². The van der Waals surface area contributed by atoms with E-state index in [2.05, 4.69) is 30.9 Å². The van der Waals surface area contributed by atoms with Crippen LogP contribution in [0.25, 0.3) is 0 Å². The van der Waals surface area contributed by atoms with Crippen molar-refractivity contribution in [2.24, 2.45) is 11.7 Å². The Labute approximate surface area is 109 Å². The average Bonchev–Trinajstić information content (AvgIpc) is 2.73. The predicted octanol–water partition coefficient (Wildman–Crippen LogP) is 3.34. The van der Waals surface area contributed by atoms with Crippen molar-refractivity contribution in [1.82, 2.24) is 10.1 Å². The van der Waals surface area contributed by atoms with Crippen molar-refractivity contribution in [2.45, 2.75) is 70.8 Å². The topological polar surface area (TPSA) is 64.9 Å².